The fourth-order valence-corrected chi connectivity index (χ4v) is 1.89. The molecule has 0 amide bonds. The summed E-state index contributed by atoms with van der Waals surface area (Å²) in [7, 11) is 0. The van der Waals surface area contributed by atoms with Crippen molar-refractivity contribution in [1.82, 2.24) is 0 Å². The summed E-state index contributed by atoms with van der Waals surface area (Å²) >= 11 is 5.83. The molecule has 0 spiro atoms. The predicted octanol–water partition coefficient (Wildman–Crippen LogP) is 4.05. The van der Waals surface area contributed by atoms with E-state index in [0.29, 0.717) is 16.3 Å². The number of halogens is 2. The monoisotopic (exact) mass is 278 g/mol. The number of hydrogen-bond acceptors (Lipinski definition) is 2. The Kier molecular flexibility index (Phi) is 4.17. The van der Waals surface area contributed by atoms with Crippen LogP contribution in [0.5, 0.6) is 5.75 Å². The summed E-state index contributed by atoms with van der Waals surface area (Å²) in [5.74, 6) is -0.114. The molecule has 2 aromatic rings. The lowest BCUT2D eigenvalue weighted by atomic mass is 10.1. The van der Waals surface area contributed by atoms with Crippen LogP contribution in [0.3, 0.4) is 0 Å². The van der Waals surface area contributed by atoms with Crippen molar-refractivity contribution >= 4 is 17.4 Å². The Labute approximate surface area is 115 Å². The lowest BCUT2D eigenvalue weighted by molar-refractivity contribution is 0.0920. The van der Waals surface area contributed by atoms with E-state index >= 15 is 0 Å². The van der Waals surface area contributed by atoms with E-state index in [-0.39, 0.29) is 12.4 Å². The molecule has 4 heteroatoms. The van der Waals surface area contributed by atoms with Gasteiger partial charge in [-0.05, 0) is 42.8 Å². The maximum Gasteiger partial charge on any atom is 0.200 e. The molecule has 0 aliphatic rings. The first-order chi connectivity index (χ1) is 9.06. The summed E-state index contributed by atoms with van der Waals surface area (Å²) < 4.78 is 18.4. The van der Waals surface area contributed by atoms with Crippen molar-refractivity contribution in [1.29, 1.82) is 0 Å². The summed E-state index contributed by atoms with van der Waals surface area (Å²) in [5.41, 5.74) is 1.14. The Morgan fingerprint density at radius 3 is 2.74 bits per heavy atom. The van der Waals surface area contributed by atoms with E-state index in [9.17, 15) is 9.18 Å². The molecule has 0 aliphatic heterocycles. The number of rotatable bonds is 4. The number of aryl methyl sites for hydroxylation is 1. The molecule has 0 radical (unpaired) electrons. The van der Waals surface area contributed by atoms with Gasteiger partial charge in [0.1, 0.15) is 11.6 Å². The number of ether oxygens (including phenoxy) is 1. The highest BCUT2D eigenvalue weighted by molar-refractivity contribution is 6.30. The lowest BCUT2D eigenvalue weighted by Crippen LogP contribution is -2.12. The van der Waals surface area contributed by atoms with E-state index in [0.717, 1.165) is 5.56 Å². The molecule has 0 unspecified atom stereocenters. The van der Waals surface area contributed by atoms with Gasteiger partial charge in [0.2, 0.25) is 0 Å². The van der Waals surface area contributed by atoms with Crippen molar-refractivity contribution in [2.45, 2.75) is 6.92 Å². The maximum absolute atomic E-state index is 13.0. The largest absolute Gasteiger partial charge is 0.485 e. The van der Waals surface area contributed by atoms with Gasteiger partial charge in [-0.1, -0.05) is 23.7 Å². The standard InChI is InChI=1S/C15H12ClFO2/c1-10-7-12(16)5-6-15(10)19-9-14(18)11-3-2-4-13(17)8-11/h2-8H,9H2,1H3. The number of carbonyl (C=O) groups excluding carboxylic acids is 1. The third-order valence-corrected chi connectivity index (χ3v) is 2.88. The highest BCUT2D eigenvalue weighted by atomic mass is 35.5. The molecule has 0 saturated heterocycles. The van der Waals surface area contributed by atoms with Crippen LogP contribution in [0, 0.1) is 12.7 Å². The summed E-state index contributed by atoms with van der Waals surface area (Å²) in [4.78, 5) is 11.8. The quantitative estimate of drug-likeness (QED) is 0.789. The van der Waals surface area contributed by atoms with Crippen molar-refractivity contribution in [2.75, 3.05) is 6.61 Å². The van der Waals surface area contributed by atoms with Gasteiger partial charge in [0.25, 0.3) is 0 Å². The average Bonchev–Trinajstić information content (AvgIpc) is 2.37. The second-order valence-corrected chi connectivity index (χ2v) is 4.57. The Balaban J connectivity index is 2.04. The molecule has 2 nitrogen and oxygen atoms in total. The topological polar surface area (TPSA) is 26.3 Å². The molecule has 2 aromatic carbocycles. The third kappa shape index (κ3) is 3.55. The number of benzene rings is 2. The summed E-state index contributed by atoms with van der Waals surface area (Å²) in [6.07, 6.45) is 0. The first-order valence-corrected chi connectivity index (χ1v) is 6.12. The van der Waals surface area contributed by atoms with E-state index in [1.807, 2.05) is 6.92 Å². The molecular formula is C15H12ClFO2. The van der Waals surface area contributed by atoms with Gasteiger partial charge in [0, 0.05) is 10.6 Å². The van der Waals surface area contributed by atoms with E-state index in [1.165, 1.54) is 18.2 Å². The van der Waals surface area contributed by atoms with Crippen LogP contribution < -0.4 is 4.74 Å². The maximum atomic E-state index is 13.0. The highest BCUT2D eigenvalue weighted by Crippen LogP contribution is 2.21. The predicted molar refractivity (Wildman–Crippen MR) is 72.4 cm³/mol. The van der Waals surface area contributed by atoms with E-state index < -0.39 is 5.82 Å². The van der Waals surface area contributed by atoms with Crippen LogP contribution in [0.15, 0.2) is 42.5 Å². The minimum absolute atomic E-state index is 0.133. The van der Waals surface area contributed by atoms with Crippen LogP contribution in [0.4, 0.5) is 4.39 Å². The van der Waals surface area contributed by atoms with Gasteiger partial charge in [-0.2, -0.15) is 0 Å². The fraction of sp³-hybridized carbons (Fsp3) is 0.133. The zero-order chi connectivity index (χ0) is 13.8. The smallest absolute Gasteiger partial charge is 0.200 e. The van der Waals surface area contributed by atoms with E-state index in [1.54, 1.807) is 24.3 Å². The Hall–Kier alpha value is -1.87. The average molecular weight is 279 g/mol. The normalized spacial score (nSPS) is 10.3. The Bertz CT molecular complexity index is 611. The number of Topliss-reactive ketones (excluding diaryl/α,β-unsaturated/α-hetero) is 1. The van der Waals surface area contributed by atoms with Crippen molar-refractivity contribution in [2.24, 2.45) is 0 Å². The summed E-state index contributed by atoms with van der Waals surface area (Å²) in [5, 5.41) is 0.612. The second-order valence-electron chi connectivity index (χ2n) is 4.13. The first kappa shape index (κ1) is 13.6. The molecule has 19 heavy (non-hydrogen) atoms. The molecule has 0 bridgehead atoms. The van der Waals surface area contributed by atoms with Crippen LogP contribution in [0.2, 0.25) is 5.02 Å². The molecule has 98 valence electrons. The molecule has 0 heterocycles. The number of hydrogen-bond donors (Lipinski definition) is 0. The lowest BCUT2D eigenvalue weighted by Gasteiger charge is -2.08. The molecule has 0 fully saturated rings. The van der Waals surface area contributed by atoms with Crippen LogP contribution in [0.25, 0.3) is 0 Å². The van der Waals surface area contributed by atoms with Gasteiger partial charge in [-0.25, -0.2) is 4.39 Å². The van der Waals surface area contributed by atoms with Gasteiger partial charge in [0.05, 0.1) is 0 Å². The van der Waals surface area contributed by atoms with Gasteiger partial charge >= 0.3 is 0 Å². The molecule has 2 rings (SSSR count). The minimum Gasteiger partial charge on any atom is -0.485 e. The Morgan fingerprint density at radius 2 is 2.05 bits per heavy atom. The minimum atomic E-state index is -0.437. The summed E-state index contributed by atoms with van der Waals surface area (Å²) in [6, 6.07) is 10.7. The molecule has 0 atom stereocenters. The number of ketones is 1. The van der Waals surface area contributed by atoms with Crippen molar-refractivity contribution < 1.29 is 13.9 Å². The highest BCUT2D eigenvalue weighted by Gasteiger charge is 2.09. The second kappa shape index (κ2) is 5.85. The molecule has 0 aromatic heterocycles. The third-order valence-electron chi connectivity index (χ3n) is 2.64. The van der Waals surface area contributed by atoms with Crippen LogP contribution in [0.1, 0.15) is 15.9 Å². The van der Waals surface area contributed by atoms with Gasteiger partial charge in [0.15, 0.2) is 12.4 Å². The van der Waals surface area contributed by atoms with Crippen LogP contribution >= 0.6 is 11.6 Å². The van der Waals surface area contributed by atoms with Gasteiger partial charge < -0.3 is 4.74 Å². The molecule has 0 aliphatic carbocycles. The van der Waals surface area contributed by atoms with Crippen molar-refractivity contribution in [3.8, 4) is 5.75 Å². The fourth-order valence-electron chi connectivity index (χ4n) is 1.66. The van der Waals surface area contributed by atoms with Crippen LogP contribution in [-0.4, -0.2) is 12.4 Å². The molecule has 0 saturated carbocycles. The Morgan fingerprint density at radius 1 is 1.26 bits per heavy atom. The van der Waals surface area contributed by atoms with Crippen molar-refractivity contribution in [3.63, 3.8) is 0 Å². The first-order valence-electron chi connectivity index (χ1n) is 5.74. The van der Waals surface area contributed by atoms with E-state index in [4.69, 9.17) is 16.3 Å². The summed E-state index contributed by atoms with van der Waals surface area (Å²) in [6.45, 7) is 1.71. The molecular weight excluding hydrogens is 267 g/mol. The van der Waals surface area contributed by atoms with Gasteiger partial charge in [-0.3, -0.25) is 4.79 Å². The van der Waals surface area contributed by atoms with Crippen molar-refractivity contribution in [3.05, 3.63) is 64.4 Å². The van der Waals surface area contributed by atoms with Crippen LogP contribution in [-0.2, 0) is 0 Å². The SMILES string of the molecule is Cc1cc(Cl)ccc1OCC(=O)c1cccc(F)c1. The molecule has 0 N–H and O–H groups in total. The van der Waals surface area contributed by atoms with Gasteiger partial charge in [-0.15, -0.1) is 0 Å². The number of carbonyl (C=O) groups is 1. The zero-order valence-corrected chi connectivity index (χ0v) is 11.1. The van der Waals surface area contributed by atoms with E-state index in [2.05, 4.69) is 0 Å². The zero-order valence-electron chi connectivity index (χ0n) is 10.3.